The van der Waals surface area contributed by atoms with Gasteiger partial charge in [-0.3, -0.25) is 10.2 Å². The topological polar surface area (TPSA) is 39.1 Å². The van der Waals surface area contributed by atoms with Gasteiger partial charge in [0.1, 0.15) is 5.54 Å². The van der Waals surface area contributed by atoms with Crippen molar-refractivity contribution in [2.75, 3.05) is 19.6 Å². The van der Waals surface area contributed by atoms with E-state index < -0.39 is 5.54 Å². The van der Waals surface area contributed by atoms with Crippen LogP contribution in [-0.4, -0.2) is 30.6 Å². The summed E-state index contributed by atoms with van der Waals surface area (Å²) in [7, 11) is 0. The summed E-state index contributed by atoms with van der Waals surface area (Å²) in [5, 5.41) is 13.4. The number of rotatable bonds is 6. The standard InChI is InChI=1S/C18H27N3/c1-4-16-10-11-21(12-16)14-18(13-19,20-15(2)3)17-8-6-5-7-9-17/h5-9,15-16,20H,4,10-12,14H2,1-3H3. The fourth-order valence-corrected chi connectivity index (χ4v) is 3.29. The van der Waals surface area contributed by atoms with Gasteiger partial charge in [0.25, 0.3) is 0 Å². The molecule has 0 bridgehead atoms. The highest BCUT2D eigenvalue weighted by Gasteiger charge is 2.36. The van der Waals surface area contributed by atoms with Crippen molar-refractivity contribution in [3.05, 3.63) is 35.9 Å². The number of nitriles is 1. The highest BCUT2D eigenvalue weighted by atomic mass is 15.2. The Hall–Kier alpha value is -1.37. The Morgan fingerprint density at radius 3 is 2.62 bits per heavy atom. The van der Waals surface area contributed by atoms with Crippen molar-refractivity contribution in [2.45, 2.75) is 45.2 Å². The fraction of sp³-hybridized carbons (Fsp3) is 0.611. The van der Waals surface area contributed by atoms with Crippen molar-refractivity contribution in [3.63, 3.8) is 0 Å². The molecule has 114 valence electrons. The van der Waals surface area contributed by atoms with Crippen molar-refractivity contribution < 1.29 is 0 Å². The summed E-state index contributed by atoms with van der Waals surface area (Å²) in [6.07, 6.45) is 2.49. The van der Waals surface area contributed by atoms with Crippen molar-refractivity contribution in [1.29, 1.82) is 5.26 Å². The van der Waals surface area contributed by atoms with E-state index in [4.69, 9.17) is 0 Å². The van der Waals surface area contributed by atoms with Crippen molar-refractivity contribution in [1.82, 2.24) is 10.2 Å². The van der Waals surface area contributed by atoms with Gasteiger partial charge in [0.05, 0.1) is 6.07 Å². The number of nitrogens with zero attached hydrogens (tertiary/aromatic N) is 2. The van der Waals surface area contributed by atoms with Crippen LogP contribution in [0.15, 0.2) is 30.3 Å². The second-order valence-electron chi connectivity index (χ2n) is 6.48. The molecule has 0 aromatic heterocycles. The Morgan fingerprint density at radius 1 is 1.38 bits per heavy atom. The van der Waals surface area contributed by atoms with Crippen LogP contribution in [0.2, 0.25) is 0 Å². The van der Waals surface area contributed by atoms with E-state index in [1.807, 2.05) is 18.2 Å². The van der Waals surface area contributed by atoms with Gasteiger partial charge in [-0.15, -0.1) is 0 Å². The van der Waals surface area contributed by atoms with Gasteiger partial charge in [-0.1, -0.05) is 43.7 Å². The van der Waals surface area contributed by atoms with Gasteiger partial charge in [-0.05, 0) is 38.3 Å². The summed E-state index contributed by atoms with van der Waals surface area (Å²) >= 11 is 0. The third-order valence-electron chi connectivity index (χ3n) is 4.40. The molecular weight excluding hydrogens is 258 g/mol. The minimum absolute atomic E-state index is 0.273. The predicted octanol–water partition coefficient (Wildman–Crippen LogP) is 3.14. The first-order chi connectivity index (χ1) is 10.1. The molecule has 1 heterocycles. The van der Waals surface area contributed by atoms with E-state index in [9.17, 15) is 5.26 Å². The molecule has 1 saturated heterocycles. The van der Waals surface area contributed by atoms with Crippen LogP contribution in [0.5, 0.6) is 0 Å². The SMILES string of the molecule is CCC1CCN(CC(C#N)(NC(C)C)c2ccccc2)C1. The molecule has 1 fully saturated rings. The van der Waals surface area contributed by atoms with Crippen LogP contribution >= 0.6 is 0 Å². The Balaban J connectivity index is 2.22. The van der Waals surface area contributed by atoms with Crippen LogP contribution in [0.4, 0.5) is 0 Å². The van der Waals surface area contributed by atoms with Gasteiger partial charge < -0.3 is 0 Å². The summed E-state index contributed by atoms with van der Waals surface area (Å²) in [5.41, 5.74) is 0.457. The van der Waals surface area contributed by atoms with Crippen molar-refractivity contribution in [2.24, 2.45) is 5.92 Å². The predicted molar refractivity (Wildman–Crippen MR) is 86.8 cm³/mol. The van der Waals surface area contributed by atoms with Gasteiger partial charge in [-0.2, -0.15) is 5.26 Å². The average molecular weight is 285 g/mol. The van der Waals surface area contributed by atoms with E-state index >= 15 is 0 Å². The summed E-state index contributed by atoms with van der Waals surface area (Å²) in [6, 6.07) is 13.0. The molecule has 0 amide bonds. The minimum atomic E-state index is -0.613. The molecule has 2 atom stereocenters. The average Bonchev–Trinajstić information content (AvgIpc) is 2.94. The quantitative estimate of drug-likeness (QED) is 0.873. The zero-order valence-corrected chi connectivity index (χ0v) is 13.5. The lowest BCUT2D eigenvalue weighted by atomic mass is 9.89. The first-order valence-corrected chi connectivity index (χ1v) is 8.06. The molecule has 3 nitrogen and oxygen atoms in total. The molecule has 2 unspecified atom stereocenters. The monoisotopic (exact) mass is 285 g/mol. The van der Waals surface area contributed by atoms with Crippen LogP contribution < -0.4 is 5.32 Å². The fourth-order valence-electron chi connectivity index (χ4n) is 3.29. The van der Waals surface area contributed by atoms with E-state index in [1.165, 1.54) is 12.8 Å². The molecule has 1 N–H and O–H groups in total. The lowest BCUT2D eigenvalue weighted by Crippen LogP contribution is -2.52. The number of likely N-dealkylation sites (tertiary alicyclic amines) is 1. The van der Waals surface area contributed by atoms with Gasteiger partial charge in [0.2, 0.25) is 0 Å². The molecule has 1 aliphatic rings. The van der Waals surface area contributed by atoms with E-state index in [-0.39, 0.29) is 6.04 Å². The second kappa shape index (κ2) is 7.06. The van der Waals surface area contributed by atoms with Crippen LogP contribution in [0.25, 0.3) is 0 Å². The Bertz CT molecular complexity index is 477. The molecule has 3 heteroatoms. The van der Waals surface area contributed by atoms with Crippen molar-refractivity contribution in [3.8, 4) is 6.07 Å². The third-order valence-corrected chi connectivity index (χ3v) is 4.40. The lowest BCUT2D eigenvalue weighted by Gasteiger charge is -2.34. The highest BCUT2D eigenvalue weighted by Crippen LogP contribution is 2.27. The van der Waals surface area contributed by atoms with Gasteiger partial charge in [0.15, 0.2) is 0 Å². The van der Waals surface area contributed by atoms with E-state index in [0.29, 0.717) is 0 Å². The molecule has 0 aliphatic carbocycles. The highest BCUT2D eigenvalue weighted by molar-refractivity contribution is 5.32. The normalized spacial score (nSPS) is 22.1. The molecule has 0 radical (unpaired) electrons. The molecule has 0 saturated carbocycles. The zero-order chi connectivity index (χ0) is 15.3. The van der Waals surface area contributed by atoms with Crippen LogP contribution in [0, 0.1) is 17.2 Å². The number of hydrogen-bond acceptors (Lipinski definition) is 3. The second-order valence-corrected chi connectivity index (χ2v) is 6.48. The smallest absolute Gasteiger partial charge is 0.145 e. The Kier molecular flexibility index (Phi) is 5.39. The van der Waals surface area contributed by atoms with E-state index in [2.05, 4.69) is 49.2 Å². The van der Waals surface area contributed by atoms with Crippen LogP contribution in [0.1, 0.15) is 39.2 Å². The molecule has 1 aromatic carbocycles. The summed E-state index contributed by atoms with van der Waals surface area (Å²) < 4.78 is 0. The maximum atomic E-state index is 9.92. The maximum absolute atomic E-state index is 9.92. The molecule has 21 heavy (non-hydrogen) atoms. The van der Waals surface area contributed by atoms with Gasteiger partial charge >= 0.3 is 0 Å². The molecule has 0 spiro atoms. The van der Waals surface area contributed by atoms with Gasteiger partial charge in [-0.25, -0.2) is 0 Å². The molecular formula is C18H27N3. The summed E-state index contributed by atoms with van der Waals surface area (Å²) in [4.78, 5) is 2.44. The van der Waals surface area contributed by atoms with E-state index in [1.54, 1.807) is 0 Å². The Morgan fingerprint density at radius 2 is 2.10 bits per heavy atom. The van der Waals surface area contributed by atoms with E-state index in [0.717, 1.165) is 31.1 Å². The molecule has 1 aromatic rings. The third kappa shape index (κ3) is 3.84. The number of nitrogens with one attached hydrogen (secondary N) is 1. The number of benzene rings is 1. The zero-order valence-electron chi connectivity index (χ0n) is 13.5. The first-order valence-electron chi connectivity index (χ1n) is 8.06. The number of hydrogen-bond donors (Lipinski definition) is 1. The van der Waals surface area contributed by atoms with Crippen LogP contribution in [-0.2, 0) is 5.54 Å². The van der Waals surface area contributed by atoms with Gasteiger partial charge in [0, 0.05) is 19.1 Å². The summed E-state index contributed by atoms with van der Waals surface area (Å²) in [6.45, 7) is 9.46. The Labute approximate surface area is 129 Å². The van der Waals surface area contributed by atoms with Crippen LogP contribution in [0.3, 0.4) is 0 Å². The molecule has 1 aliphatic heterocycles. The molecule has 2 rings (SSSR count). The summed E-state index contributed by atoms with van der Waals surface area (Å²) in [5.74, 6) is 0.788. The largest absolute Gasteiger partial charge is 0.300 e. The maximum Gasteiger partial charge on any atom is 0.145 e. The lowest BCUT2D eigenvalue weighted by molar-refractivity contribution is 0.232. The van der Waals surface area contributed by atoms with Crippen molar-refractivity contribution >= 4 is 0 Å². The first kappa shape index (κ1) is 16.0. The minimum Gasteiger partial charge on any atom is -0.300 e.